The summed E-state index contributed by atoms with van der Waals surface area (Å²) in [6.07, 6.45) is 3.06. The largest absolute Gasteiger partial charge is 0.437 e. The molecule has 10 heteroatoms. The van der Waals surface area contributed by atoms with Gasteiger partial charge in [0.1, 0.15) is 29.4 Å². The number of fused-ring (bicyclic) bond motifs is 1. The predicted octanol–water partition coefficient (Wildman–Crippen LogP) is 5.94. The van der Waals surface area contributed by atoms with Crippen molar-refractivity contribution in [3.63, 3.8) is 0 Å². The fraction of sp³-hybridized carbons (Fsp3) is 0.107. The lowest BCUT2D eigenvalue weighted by Gasteiger charge is -2.12. The number of aromatic nitrogens is 5. The van der Waals surface area contributed by atoms with E-state index in [4.69, 9.17) is 22.1 Å². The summed E-state index contributed by atoms with van der Waals surface area (Å²) >= 11 is 6.67. The van der Waals surface area contributed by atoms with Gasteiger partial charge in [0.05, 0.1) is 16.1 Å². The number of carbonyl (C=O) groups excluding carboxylic acids is 1. The fourth-order valence-corrected chi connectivity index (χ4v) is 4.41. The third-order valence-corrected chi connectivity index (χ3v) is 6.28. The zero-order valence-corrected chi connectivity index (χ0v) is 21.7. The SMILES string of the molecule is C=C(C)C(=O)Nc1ccc(-c2c(-c3ccc(Oc4ccnc(C)n4)c(Cl)c3)c3c(N)ncnc3n2C)cc1. The Kier molecular flexibility index (Phi) is 6.52. The number of hydrogen-bond acceptors (Lipinski definition) is 7. The van der Waals surface area contributed by atoms with Crippen molar-refractivity contribution >= 4 is 40.0 Å². The average Bonchev–Trinajstić information content (AvgIpc) is 3.19. The van der Waals surface area contributed by atoms with Gasteiger partial charge in [0, 0.05) is 36.1 Å². The molecule has 5 aromatic rings. The van der Waals surface area contributed by atoms with Crippen molar-refractivity contribution in [3.05, 3.63) is 84.1 Å². The average molecular weight is 526 g/mol. The molecule has 9 nitrogen and oxygen atoms in total. The number of carbonyl (C=O) groups is 1. The Hall–Kier alpha value is -4.76. The van der Waals surface area contributed by atoms with Crippen molar-refractivity contribution < 1.29 is 9.53 Å². The van der Waals surface area contributed by atoms with Crippen molar-refractivity contribution in [2.45, 2.75) is 13.8 Å². The maximum atomic E-state index is 12.0. The number of hydrogen-bond donors (Lipinski definition) is 2. The first kappa shape index (κ1) is 24.9. The van der Waals surface area contributed by atoms with E-state index >= 15 is 0 Å². The van der Waals surface area contributed by atoms with Gasteiger partial charge in [-0.2, -0.15) is 4.98 Å². The van der Waals surface area contributed by atoms with Gasteiger partial charge >= 0.3 is 0 Å². The molecule has 3 aromatic heterocycles. The molecule has 0 radical (unpaired) electrons. The summed E-state index contributed by atoms with van der Waals surface area (Å²) < 4.78 is 7.86. The second-order valence-corrected chi connectivity index (χ2v) is 9.15. The molecule has 0 unspecified atom stereocenters. The van der Waals surface area contributed by atoms with E-state index in [1.54, 1.807) is 32.2 Å². The minimum atomic E-state index is -0.236. The van der Waals surface area contributed by atoms with E-state index in [9.17, 15) is 4.79 Å². The molecular weight excluding hydrogens is 502 g/mol. The number of nitrogen functional groups attached to an aromatic ring is 1. The number of nitrogens with zero attached hydrogens (tertiary/aromatic N) is 5. The smallest absolute Gasteiger partial charge is 0.250 e. The Morgan fingerprint density at radius 3 is 2.50 bits per heavy atom. The van der Waals surface area contributed by atoms with Crippen molar-refractivity contribution in [1.29, 1.82) is 0 Å². The van der Waals surface area contributed by atoms with Crippen LogP contribution in [0.25, 0.3) is 33.4 Å². The van der Waals surface area contributed by atoms with Crippen LogP contribution in [0.4, 0.5) is 11.5 Å². The quantitative estimate of drug-likeness (QED) is 0.263. The van der Waals surface area contributed by atoms with Crippen LogP contribution in [0.2, 0.25) is 5.02 Å². The fourth-order valence-electron chi connectivity index (χ4n) is 4.19. The molecule has 0 bridgehead atoms. The van der Waals surface area contributed by atoms with Gasteiger partial charge in [-0.15, -0.1) is 0 Å². The molecule has 0 spiro atoms. The van der Waals surface area contributed by atoms with Crippen LogP contribution in [-0.4, -0.2) is 30.4 Å². The number of aryl methyl sites for hydroxylation is 2. The zero-order chi connectivity index (χ0) is 27.0. The molecule has 3 N–H and O–H groups in total. The first-order chi connectivity index (χ1) is 18.2. The Bertz CT molecular complexity index is 1710. The van der Waals surface area contributed by atoms with Crippen LogP contribution in [0.5, 0.6) is 11.6 Å². The number of benzene rings is 2. The van der Waals surface area contributed by atoms with E-state index in [0.29, 0.717) is 50.6 Å². The highest BCUT2D eigenvalue weighted by molar-refractivity contribution is 6.32. The topological polar surface area (TPSA) is 121 Å². The minimum absolute atomic E-state index is 0.236. The monoisotopic (exact) mass is 525 g/mol. The van der Waals surface area contributed by atoms with Crippen molar-refractivity contribution in [1.82, 2.24) is 24.5 Å². The van der Waals surface area contributed by atoms with Crippen molar-refractivity contribution in [2.24, 2.45) is 7.05 Å². The summed E-state index contributed by atoms with van der Waals surface area (Å²) in [4.78, 5) is 29.1. The molecule has 0 aliphatic rings. The van der Waals surface area contributed by atoms with Crippen LogP contribution in [0.15, 0.2) is 73.2 Å². The van der Waals surface area contributed by atoms with E-state index in [2.05, 4.69) is 31.8 Å². The Balaban J connectivity index is 1.61. The summed E-state index contributed by atoms with van der Waals surface area (Å²) in [7, 11) is 1.92. The van der Waals surface area contributed by atoms with Crippen LogP contribution >= 0.6 is 11.6 Å². The van der Waals surface area contributed by atoms with Gasteiger partial charge in [-0.3, -0.25) is 4.79 Å². The van der Waals surface area contributed by atoms with Crippen LogP contribution in [-0.2, 0) is 11.8 Å². The van der Waals surface area contributed by atoms with Gasteiger partial charge in [-0.1, -0.05) is 36.4 Å². The lowest BCUT2D eigenvalue weighted by molar-refractivity contribution is -0.112. The van der Waals surface area contributed by atoms with Gasteiger partial charge in [0.25, 0.3) is 5.91 Å². The van der Waals surface area contributed by atoms with Crippen molar-refractivity contribution in [3.8, 4) is 34.0 Å². The van der Waals surface area contributed by atoms with E-state index in [1.807, 2.05) is 48.0 Å². The Morgan fingerprint density at radius 1 is 1.08 bits per heavy atom. The maximum Gasteiger partial charge on any atom is 0.250 e. The number of halogens is 1. The van der Waals surface area contributed by atoms with Gasteiger partial charge in [-0.25, -0.2) is 15.0 Å². The van der Waals surface area contributed by atoms with Crippen LogP contribution in [0.3, 0.4) is 0 Å². The molecule has 0 fully saturated rings. The second-order valence-electron chi connectivity index (χ2n) is 8.74. The van der Waals surface area contributed by atoms with Gasteiger partial charge in [-0.05, 0) is 49.2 Å². The molecule has 0 saturated carbocycles. The second kappa shape index (κ2) is 9.95. The number of rotatable bonds is 6. The van der Waals surface area contributed by atoms with E-state index < -0.39 is 0 Å². The molecule has 3 heterocycles. The first-order valence-corrected chi connectivity index (χ1v) is 12.0. The zero-order valence-electron chi connectivity index (χ0n) is 21.0. The minimum Gasteiger partial charge on any atom is -0.437 e. The summed E-state index contributed by atoms with van der Waals surface area (Å²) in [6, 6.07) is 14.7. The maximum absolute atomic E-state index is 12.0. The van der Waals surface area contributed by atoms with Gasteiger partial charge in [0.2, 0.25) is 5.88 Å². The predicted molar refractivity (Wildman–Crippen MR) is 149 cm³/mol. The highest BCUT2D eigenvalue weighted by atomic mass is 35.5. The third-order valence-electron chi connectivity index (χ3n) is 5.99. The molecule has 1 amide bonds. The standard InChI is InChI=1S/C28H24ClN7O2/c1-15(2)28(37)35-19-8-5-17(6-9-19)25-23(24-26(30)32-14-33-27(24)36(25)4)18-7-10-21(20(29)13-18)38-22-11-12-31-16(3)34-22/h5-14H,1H2,2-4H3,(H,35,37)(H2,30,32,33). The van der Waals surface area contributed by atoms with Crippen LogP contribution < -0.4 is 15.8 Å². The molecule has 0 saturated heterocycles. The highest BCUT2D eigenvalue weighted by Crippen LogP contribution is 2.43. The molecule has 0 atom stereocenters. The van der Waals surface area contributed by atoms with E-state index in [0.717, 1.165) is 22.4 Å². The van der Waals surface area contributed by atoms with Gasteiger partial charge in [0.15, 0.2) is 0 Å². The van der Waals surface area contributed by atoms with Crippen LogP contribution in [0, 0.1) is 6.92 Å². The summed E-state index contributed by atoms with van der Waals surface area (Å²) in [6.45, 7) is 7.12. The summed E-state index contributed by atoms with van der Waals surface area (Å²) in [5.41, 5.74) is 11.5. The molecule has 5 rings (SSSR count). The first-order valence-electron chi connectivity index (χ1n) is 11.7. The molecule has 0 aliphatic heterocycles. The molecule has 2 aromatic carbocycles. The summed E-state index contributed by atoms with van der Waals surface area (Å²) in [5, 5.41) is 3.93. The Labute approximate surface area is 224 Å². The Morgan fingerprint density at radius 2 is 1.82 bits per heavy atom. The number of nitrogens with one attached hydrogen (secondary N) is 1. The lowest BCUT2D eigenvalue weighted by atomic mass is 9.98. The molecular formula is C28H24ClN7O2. The number of anilines is 2. The number of amides is 1. The number of nitrogens with two attached hydrogens (primary N) is 1. The highest BCUT2D eigenvalue weighted by Gasteiger charge is 2.22. The molecule has 0 aliphatic carbocycles. The van der Waals surface area contributed by atoms with Crippen molar-refractivity contribution in [2.75, 3.05) is 11.1 Å². The van der Waals surface area contributed by atoms with Gasteiger partial charge < -0.3 is 20.4 Å². The third kappa shape index (κ3) is 4.67. The van der Waals surface area contributed by atoms with Crippen LogP contribution in [0.1, 0.15) is 12.7 Å². The van der Waals surface area contributed by atoms with E-state index in [1.165, 1.54) is 6.33 Å². The molecule has 190 valence electrons. The summed E-state index contributed by atoms with van der Waals surface area (Å²) in [5.74, 6) is 1.56. The normalized spacial score (nSPS) is 10.9. The lowest BCUT2D eigenvalue weighted by Crippen LogP contribution is -2.11. The molecule has 38 heavy (non-hydrogen) atoms. The number of ether oxygens (including phenoxy) is 1. The van der Waals surface area contributed by atoms with E-state index in [-0.39, 0.29) is 5.91 Å².